The Morgan fingerprint density at radius 3 is 3.20 bits per heavy atom. The lowest BCUT2D eigenvalue weighted by atomic mass is 10.0. The van der Waals surface area contributed by atoms with Gasteiger partial charge in [-0.2, -0.15) is 5.10 Å². The zero-order chi connectivity index (χ0) is 14.2. The van der Waals surface area contributed by atoms with Crippen LogP contribution < -0.4 is 5.32 Å². The molecule has 3 heterocycles. The minimum atomic E-state index is -0.249. The number of aromatic nitrogens is 3. The summed E-state index contributed by atoms with van der Waals surface area (Å²) in [6, 6.07) is 3.53. The van der Waals surface area contributed by atoms with Gasteiger partial charge in [-0.1, -0.05) is 0 Å². The fourth-order valence-electron chi connectivity index (χ4n) is 2.53. The fraction of sp³-hybridized carbons (Fsp3) is 0.500. The molecule has 6 heteroatoms. The van der Waals surface area contributed by atoms with E-state index in [2.05, 4.69) is 15.4 Å². The number of nitrogens with zero attached hydrogens (tertiary/aromatic N) is 3. The highest BCUT2D eigenvalue weighted by Crippen LogP contribution is 2.24. The van der Waals surface area contributed by atoms with Gasteiger partial charge < -0.3 is 10.1 Å². The predicted molar refractivity (Wildman–Crippen MR) is 73.6 cm³/mol. The zero-order valence-electron chi connectivity index (χ0n) is 11.7. The number of fused-ring (bicyclic) bond motifs is 1. The molecule has 2 aromatic heterocycles. The Balaban J connectivity index is 1.80. The zero-order valence-corrected chi connectivity index (χ0v) is 11.7. The maximum atomic E-state index is 12.4. The molecular weight excluding hydrogens is 256 g/mol. The SMILES string of the molecule is Cc1cc(C(=O)NC[C@@]2(C)CCCO2)n2nccc2n1. The highest BCUT2D eigenvalue weighted by atomic mass is 16.5. The number of amides is 1. The second-order valence-corrected chi connectivity index (χ2v) is 5.47. The molecule has 0 spiro atoms. The summed E-state index contributed by atoms with van der Waals surface area (Å²) in [6.07, 6.45) is 3.66. The molecule has 0 radical (unpaired) electrons. The minimum Gasteiger partial charge on any atom is -0.373 e. The Morgan fingerprint density at radius 2 is 2.45 bits per heavy atom. The molecule has 0 bridgehead atoms. The van der Waals surface area contributed by atoms with Crippen LogP contribution in [-0.2, 0) is 4.74 Å². The topological polar surface area (TPSA) is 68.5 Å². The second kappa shape index (κ2) is 4.86. The van der Waals surface area contributed by atoms with Gasteiger partial charge in [0.2, 0.25) is 0 Å². The predicted octanol–water partition coefficient (Wildman–Crippen LogP) is 1.34. The number of aryl methyl sites for hydroxylation is 1. The van der Waals surface area contributed by atoms with E-state index in [1.807, 2.05) is 13.8 Å². The van der Waals surface area contributed by atoms with E-state index in [0.717, 1.165) is 25.1 Å². The molecule has 1 fully saturated rings. The molecule has 0 aliphatic carbocycles. The molecule has 1 aliphatic heterocycles. The van der Waals surface area contributed by atoms with Crippen LogP contribution in [0.15, 0.2) is 18.3 Å². The molecule has 20 heavy (non-hydrogen) atoms. The highest BCUT2D eigenvalue weighted by molar-refractivity contribution is 5.93. The van der Waals surface area contributed by atoms with Crippen molar-refractivity contribution in [3.8, 4) is 0 Å². The third-order valence-corrected chi connectivity index (χ3v) is 3.64. The number of hydrogen-bond donors (Lipinski definition) is 1. The standard InChI is InChI=1S/C14H18N4O2/c1-10-8-11(18-12(17-10)4-6-16-18)13(19)15-9-14(2)5-3-7-20-14/h4,6,8H,3,5,7,9H2,1-2H3,(H,15,19)/t14-/m1/s1. The molecule has 1 aliphatic rings. The largest absolute Gasteiger partial charge is 0.373 e. The van der Waals surface area contributed by atoms with Crippen molar-refractivity contribution >= 4 is 11.6 Å². The monoisotopic (exact) mass is 274 g/mol. The van der Waals surface area contributed by atoms with E-state index in [4.69, 9.17) is 4.74 Å². The fourth-order valence-corrected chi connectivity index (χ4v) is 2.53. The van der Waals surface area contributed by atoms with Gasteiger partial charge in [-0.05, 0) is 32.8 Å². The van der Waals surface area contributed by atoms with E-state index < -0.39 is 0 Å². The first-order chi connectivity index (χ1) is 9.57. The number of nitrogens with one attached hydrogen (secondary N) is 1. The van der Waals surface area contributed by atoms with E-state index in [-0.39, 0.29) is 11.5 Å². The van der Waals surface area contributed by atoms with E-state index in [0.29, 0.717) is 17.9 Å². The molecule has 1 saturated heterocycles. The molecule has 0 saturated carbocycles. The van der Waals surface area contributed by atoms with Crippen LogP contribution in [0.2, 0.25) is 0 Å². The van der Waals surface area contributed by atoms with Crippen molar-refractivity contribution < 1.29 is 9.53 Å². The summed E-state index contributed by atoms with van der Waals surface area (Å²) in [7, 11) is 0. The lowest BCUT2D eigenvalue weighted by Crippen LogP contribution is -2.40. The van der Waals surface area contributed by atoms with Crippen LogP contribution in [0.5, 0.6) is 0 Å². The maximum absolute atomic E-state index is 12.4. The number of rotatable bonds is 3. The Morgan fingerprint density at radius 1 is 1.60 bits per heavy atom. The average molecular weight is 274 g/mol. The Bertz CT molecular complexity index is 644. The van der Waals surface area contributed by atoms with Crippen molar-refractivity contribution in [2.75, 3.05) is 13.2 Å². The first kappa shape index (κ1) is 13.1. The molecular formula is C14H18N4O2. The third kappa shape index (κ3) is 2.38. The first-order valence-electron chi connectivity index (χ1n) is 6.81. The van der Waals surface area contributed by atoms with Gasteiger partial charge >= 0.3 is 0 Å². The van der Waals surface area contributed by atoms with Gasteiger partial charge in [0, 0.05) is 24.9 Å². The summed E-state index contributed by atoms with van der Waals surface area (Å²) in [5, 5.41) is 7.08. The normalized spacial score (nSPS) is 22.3. The highest BCUT2D eigenvalue weighted by Gasteiger charge is 2.30. The third-order valence-electron chi connectivity index (χ3n) is 3.64. The van der Waals surface area contributed by atoms with Gasteiger partial charge in [0.05, 0.1) is 11.8 Å². The van der Waals surface area contributed by atoms with Crippen molar-refractivity contribution in [2.45, 2.75) is 32.3 Å². The van der Waals surface area contributed by atoms with Gasteiger partial charge in [-0.15, -0.1) is 0 Å². The van der Waals surface area contributed by atoms with E-state index in [9.17, 15) is 4.79 Å². The van der Waals surface area contributed by atoms with Gasteiger partial charge in [0.25, 0.3) is 5.91 Å². The molecule has 1 amide bonds. The smallest absolute Gasteiger partial charge is 0.270 e. The Kier molecular flexibility index (Phi) is 3.17. The Labute approximate surface area is 117 Å². The van der Waals surface area contributed by atoms with Crippen LogP contribution in [0.4, 0.5) is 0 Å². The summed E-state index contributed by atoms with van der Waals surface area (Å²) in [4.78, 5) is 16.7. The van der Waals surface area contributed by atoms with Crippen LogP contribution in [-0.4, -0.2) is 39.3 Å². The second-order valence-electron chi connectivity index (χ2n) is 5.47. The van der Waals surface area contributed by atoms with Crippen molar-refractivity contribution in [3.63, 3.8) is 0 Å². The van der Waals surface area contributed by atoms with Crippen molar-refractivity contribution in [1.29, 1.82) is 0 Å². The van der Waals surface area contributed by atoms with E-state index >= 15 is 0 Å². The lowest BCUT2D eigenvalue weighted by molar-refractivity contribution is 0.0205. The first-order valence-corrected chi connectivity index (χ1v) is 6.81. The maximum Gasteiger partial charge on any atom is 0.270 e. The van der Waals surface area contributed by atoms with E-state index in [1.165, 1.54) is 0 Å². The molecule has 106 valence electrons. The van der Waals surface area contributed by atoms with Crippen molar-refractivity contribution in [3.05, 3.63) is 29.7 Å². The van der Waals surface area contributed by atoms with Gasteiger partial charge in [0.15, 0.2) is 5.65 Å². The van der Waals surface area contributed by atoms with E-state index in [1.54, 1.807) is 22.8 Å². The van der Waals surface area contributed by atoms with Gasteiger partial charge in [-0.3, -0.25) is 4.79 Å². The summed E-state index contributed by atoms with van der Waals surface area (Å²) < 4.78 is 7.23. The summed E-state index contributed by atoms with van der Waals surface area (Å²) in [6.45, 7) is 5.17. The number of carbonyl (C=O) groups is 1. The molecule has 1 N–H and O–H groups in total. The molecule has 6 nitrogen and oxygen atoms in total. The molecule has 1 atom stereocenters. The number of ether oxygens (including phenoxy) is 1. The van der Waals surface area contributed by atoms with Crippen LogP contribution in [0.25, 0.3) is 5.65 Å². The molecule has 3 rings (SSSR count). The van der Waals surface area contributed by atoms with Crippen molar-refractivity contribution in [2.24, 2.45) is 0 Å². The number of hydrogen-bond acceptors (Lipinski definition) is 4. The van der Waals surface area contributed by atoms with Crippen molar-refractivity contribution in [1.82, 2.24) is 19.9 Å². The molecule has 0 unspecified atom stereocenters. The molecule has 2 aromatic rings. The summed E-state index contributed by atoms with van der Waals surface area (Å²) >= 11 is 0. The summed E-state index contributed by atoms with van der Waals surface area (Å²) in [5.74, 6) is -0.152. The molecule has 0 aromatic carbocycles. The minimum absolute atomic E-state index is 0.152. The number of carbonyl (C=O) groups excluding carboxylic acids is 1. The van der Waals surface area contributed by atoms with Crippen LogP contribution >= 0.6 is 0 Å². The average Bonchev–Trinajstić information content (AvgIpc) is 3.04. The van der Waals surface area contributed by atoms with Crippen LogP contribution in [0.3, 0.4) is 0 Å². The van der Waals surface area contributed by atoms with Crippen LogP contribution in [0, 0.1) is 6.92 Å². The summed E-state index contributed by atoms with van der Waals surface area (Å²) in [5.41, 5.74) is 1.73. The van der Waals surface area contributed by atoms with Gasteiger partial charge in [-0.25, -0.2) is 9.50 Å². The lowest BCUT2D eigenvalue weighted by Gasteiger charge is -2.23. The quantitative estimate of drug-likeness (QED) is 0.917. The van der Waals surface area contributed by atoms with Gasteiger partial charge in [0.1, 0.15) is 5.69 Å². The van der Waals surface area contributed by atoms with Crippen LogP contribution in [0.1, 0.15) is 35.9 Å². The Hall–Kier alpha value is -1.95.